The second kappa shape index (κ2) is 22.9. The molecule has 390 valence electrons. The molecule has 26 heteroatoms. The number of hydrogen-bond donors (Lipinski definition) is 13. The van der Waals surface area contributed by atoms with E-state index in [1.807, 2.05) is 25.5 Å². The van der Waals surface area contributed by atoms with E-state index < -0.39 is 101 Å². The lowest BCUT2D eigenvalue weighted by Crippen LogP contribution is -2.57. The second-order valence-corrected chi connectivity index (χ2v) is 19.5. The molecule has 4 amide bonds. The van der Waals surface area contributed by atoms with Gasteiger partial charge in [-0.3, -0.25) is 19.2 Å². The van der Waals surface area contributed by atoms with Gasteiger partial charge in [0.1, 0.15) is 72.5 Å². The summed E-state index contributed by atoms with van der Waals surface area (Å²) in [6.07, 6.45) is -2.75. The molecular formula is C46H61N11O14S. The van der Waals surface area contributed by atoms with E-state index in [2.05, 4.69) is 25.9 Å². The monoisotopic (exact) mass is 1020 g/mol. The molecule has 72 heavy (non-hydrogen) atoms. The van der Waals surface area contributed by atoms with Gasteiger partial charge in [-0.1, -0.05) is 32.9 Å². The Morgan fingerprint density at radius 1 is 0.903 bits per heavy atom. The number of nitrogens with two attached hydrogens (primary N) is 4. The minimum absolute atomic E-state index is 0.00707. The molecule has 4 aromatic rings. The van der Waals surface area contributed by atoms with Gasteiger partial charge in [-0.05, 0) is 72.4 Å². The molecular weight excluding hydrogens is 963 g/mol. The van der Waals surface area contributed by atoms with Gasteiger partial charge in [-0.15, -0.1) is 0 Å². The van der Waals surface area contributed by atoms with E-state index >= 15 is 0 Å². The summed E-state index contributed by atoms with van der Waals surface area (Å²) in [6.45, 7) is 6.24. The van der Waals surface area contributed by atoms with Gasteiger partial charge < -0.3 is 73.1 Å². The zero-order valence-electron chi connectivity index (χ0n) is 40.3. The van der Waals surface area contributed by atoms with Gasteiger partial charge >= 0.3 is 5.97 Å². The summed E-state index contributed by atoms with van der Waals surface area (Å²) in [7, 11) is -3.47. The lowest BCUT2D eigenvalue weighted by molar-refractivity contribution is -0.143. The maximum absolute atomic E-state index is 14.9. The Kier molecular flexibility index (Phi) is 17.7. The van der Waals surface area contributed by atoms with Crippen LogP contribution >= 0.6 is 0 Å². The maximum atomic E-state index is 14.9. The number of fused-ring (bicyclic) bond motifs is 5. The Morgan fingerprint density at radius 2 is 1.54 bits per heavy atom. The van der Waals surface area contributed by atoms with E-state index in [9.17, 15) is 57.9 Å². The molecule has 0 saturated carbocycles. The number of nitrogens with one attached hydrogen (secondary N) is 4. The number of aliphatic hydroxyl groups excluding tert-OH is 2. The van der Waals surface area contributed by atoms with Crippen LogP contribution in [0.15, 0.2) is 48.5 Å². The van der Waals surface area contributed by atoms with Crippen LogP contribution in [0.4, 0.5) is 5.82 Å². The van der Waals surface area contributed by atoms with Crippen LogP contribution in [0.1, 0.15) is 66.5 Å². The van der Waals surface area contributed by atoms with Crippen molar-refractivity contribution in [3.8, 4) is 45.5 Å². The fraction of sp³-hybridized carbons (Fsp3) is 0.413. The van der Waals surface area contributed by atoms with Gasteiger partial charge in [0, 0.05) is 44.2 Å². The fourth-order valence-electron chi connectivity index (χ4n) is 7.48. The summed E-state index contributed by atoms with van der Waals surface area (Å²) in [5.74, 6) is -7.38. The van der Waals surface area contributed by atoms with Gasteiger partial charge in [0.2, 0.25) is 17.7 Å². The molecule has 0 radical (unpaired) electrons. The predicted octanol–water partition coefficient (Wildman–Crippen LogP) is -1.47. The molecule has 0 unspecified atom stereocenters. The average Bonchev–Trinajstić information content (AvgIpc) is 3.30. The van der Waals surface area contributed by atoms with E-state index in [1.54, 1.807) is 18.2 Å². The Hall–Kier alpha value is -7.20. The van der Waals surface area contributed by atoms with Crippen molar-refractivity contribution in [2.75, 3.05) is 45.6 Å². The van der Waals surface area contributed by atoms with Crippen LogP contribution in [0.3, 0.4) is 0 Å². The lowest BCUT2D eigenvalue weighted by Gasteiger charge is -2.33. The third-order valence-corrected chi connectivity index (χ3v) is 12.1. The quantitative estimate of drug-likeness (QED) is 0.0574. The van der Waals surface area contributed by atoms with Crippen LogP contribution in [-0.4, -0.2) is 149 Å². The number of likely N-dealkylation sites (N-methyl/N-ethyl adjacent to an activating group) is 1. The molecule has 25 nitrogen and oxygen atoms in total. The zero-order valence-corrected chi connectivity index (χ0v) is 41.1. The molecule has 4 bridgehead atoms. The van der Waals surface area contributed by atoms with Crippen molar-refractivity contribution in [3.05, 3.63) is 76.5 Å². The lowest BCUT2D eigenvalue weighted by atomic mass is 9.86. The standard InChI is InChI=1S/C46H61N11O14S/c1-21-36(39(49)56-40(52-21)28-9-8-25(15-33(28)60)46(3,4)5)42(63)55-32(18-51-72(50,68)69)44(65)57(6)37-24-13-30(38(61)35(14-24)71-20-27(59)17-48)29-11-23(7-10-34(29)70-19-26(58)16-47)12-31(45(66)67)54-41(62)22(2)53-43(37)64/h7-11,13-15,22,26-27,31-32,37,51,58-61H,12,16-20,47-48H2,1-6H3,(H,53,64)(H,54,62)(H,55,63)(H,66,67)(H2,49,52,56)(H2,50,68,69)/t22-,26+,27+,31-,32-,37-/m0/s1. The van der Waals surface area contributed by atoms with Gasteiger partial charge in [0.25, 0.3) is 16.1 Å². The first-order chi connectivity index (χ1) is 33.6. The summed E-state index contributed by atoms with van der Waals surface area (Å²) < 4.78 is 38.2. The van der Waals surface area contributed by atoms with Crippen molar-refractivity contribution in [3.63, 3.8) is 0 Å². The van der Waals surface area contributed by atoms with Gasteiger partial charge in [0.15, 0.2) is 17.3 Å². The zero-order chi connectivity index (χ0) is 53.6. The van der Waals surface area contributed by atoms with E-state index in [1.165, 1.54) is 38.1 Å². The van der Waals surface area contributed by atoms with E-state index in [0.29, 0.717) is 0 Å². The number of aryl methyl sites for hydroxylation is 1. The highest BCUT2D eigenvalue weighted by molar-refractivity contribution is 7.87. The molecule has 1 aromatic heterocycles. The summed E-state index contributed by atoms with van der Waals surface area (Å²) in [5, 5.41) is 66.2. The first-order valence-electron chi connectivity index (χ1n) is 22.3. The molecule has 1 aliphatic heterocycles. The highest BCUT2D eigenvalue weighted by atomic mass is 32.2. The summed E-state index contributed by atoms with van der Waals surface area (Å²) in [4.78, 5) is 79.2. The van der Waals surface area contributed by atoms with E-state index in [-0.39, 0.29) is 93.7 Å². The molecule has 17 N–H and O–H groups in total. The van der Waals surface area contributed by atoms with Crippen LogP contribution in [0, 0.1) is 6.92 Å². The van der Waals surface area contributed by atoms with Crippen molar-refractivity contribution in [1.82, 2.24) is 35.5 Å². The third kappa shape index (κ3) is 13.6. The number of anilines is 1. The normalized spacial score (nSPS) is 17.6. The number of rotatable bonds is 17. The summed E-state index contributed by atoms with van der Waals surface area (Å²) in [5.41, 5.74) is 17.9. The first-order valence-corrected chi connectivity index (χ1v) is 23.9. The minimum Gasteiger partial charge on any atom is -0.507 e. The predicted molar refractivity (Wildman–Crippen MR) is 260 cm³/mol. The number of aromatic nitrogens is 2. The van der Waals surface area contributed by atoms with Crippen LogP contribution in [-0.2, 0) is 41.2 Å². The Labute approximate surface area is 414 Å². The van der Waals surface area contributed by atoms with Crippen LogP contribution in [0.25, 0.3) is 22.5 Å². The molecule has 6 atom stereocenters. The highest BCUT2D eigenvalue weighted by Crippen LogP contribution is 2.45. The van der Waals surface area contributed by atoms with Crippen LogP contribution < -0.4 is 52.5 Å². The van der Waals surface area contributed by atoms with Crippen LogP contribution in [0.2, 0.25) is 0 Å². The maximum Gasteiger partial charge on any atom is 0.326 e. The fourth-order valence-corrected chi connectivity index (χ4v) is 7.88. The number of carbonyl (C=O) groups is 5. The number of carboxylic acid groups (broad SMARTS) is 1. The number of nitrogens with zero attached hydrogens (tertiary/aromatic N) is 3. The van der Waals surface area contributed by atoms with Crippen molar-refractivity contribution < 1.29 is 67.4 Å². The number of aliphatic carboxylic acids is 1. The third-order valence-electron chi connectivity index (χ3n) is 11.5. The summed E-state index contributed by atoms with van der Waals surface area (Å²) >= 11 is 0. The smallest absolute Gasteiger partial charge is 0.326 e. The Bertz CT molecular complexity index is 2800. The molecule has 0 saturated heterocycles. The van der Waals surface area contributed by atoms with E-state index in [0.717, 1.165) is 23.6 Å². The Balaban J connectivity index is 1.67. The van der Waals surface area contributed by atoms with E-state index in [4.69, 9.17) is 31.8 Å². The van der Waals surface area contributed by atoms with Gasteiger partial charge in [-0.25, -0.2) is 19.9 Å². The number of phenols is 2. The number of aromatic hydroxyl groups is 2. The number of nitrogen functional groups attached to an aromatic ring is 1. The number of benzene rings is 3. The number of hydrogen-bond acceptors (Lipinski definition) is 18. The molecule has 3 aromatic carbocycles. The molecule has 5 rings (SSSR count). The first kappa shape index (κ1) is 55.7. The van der Waals surface area contributed by atoms with Crippen molar-refractivity contribution >= 4 is 45.6 Å². The molecule has 2 heterocycles. The van der Waals surface area contributed by atoms with Gasteiger partial charge in [-0.2, -0.15) is 13.1 Å². The second-order valence-electron chi connectivity index (χ2n) is 18.1. The topological polar surface area (TPSA) is 420 Å². The van der Waals surface area contributed by atoms with Gasteiger partial charge in [0.05, 0.1) is 11.3 Å². The molecule has 0 aliphatic carbocycles. The molecule has 0 fully saturated rings. The number of ether oxygens (including phenoxy) is 2. The average molecular weight is 1020 g/mol. The summed E-state index contributed by atoms with van der Waals surface area (Å²) in [6, 6.07) is 4.74. The number of aliphatic hydroxyl groups is 2. The van der Waals surface area contributed by atoms with Crippen molar-refractivity contribution in [1.29, 1.82) is 0 Å². The largest absolute Gasteiger partial charge is 0.507 e. The van der Waals surface area contributed by atoms with Crippen molar-refractivity contribution in [2.24, 2.45) is 16.6 Å². The highest BCUT2D eigenvalue weighted by Gasteiger charge is 2.38. The number of phenolic OH excluding ortho intramolecular Hbond substituents is 2. The molecule has 0 spiro atoms. The number of carboxylic acids is 1. The number of amides is 4. The van der Waals surface area contributed by atoms with Crippen molar-refractivity contribution in [2.45, 2.75) is 82.8 Å². The Morgan fingerprint density at radius 3 is 2.11 bits per heavy atom. The number of carbonyl (C=O) groups excluding carboxylic acids is 4. The minimum atomic E-state index is -4.57. The van der Waals surface area contributed by atoms with Crippen LogP contribution in [0.5, 0.6) is 23.0 Å². The molecule has 1 aliphatic rings. The SMILES string of the molecule is Cc1nc(-c2ccc(C(C)(C)C)cc2O)nc(N)c1C(=O)N[C@@H](CNS(N)(=O)=O)C(=O)N(C)[C@@H]1C(=O)N[C@@H](C)C(=O)N[C@H](C(=O)O)Cc2ccc(OC[C@H](O)CN)c(c2)-c2cc1cc(OC[C@H](O)CN)c2O.